The lowest BCUT2D eigenvalue weighted by atomic mass is 10.2. The first-order valence-electron chi connectivity index (χ1n) is 19.3. The molecule has 64 heavy (non-hydrogen) atoms. The van der Waals surface area contributed by atoms with E-state index in [1.165, 1.54) is 54.5 Å². The molecule has 0 amide bonds. The predicted molar refractivity (Wildman–Crippen MR) is 254 cm³/mol. The molecule has 1 aromatic heterocycles. The molecule has 0 radical (unpaired) electrons. The highest BCUT2D eigenvalue weighted by atomic mass is 33.5. The van der Waals surface area contributed by atoms with Gasteiger partial charge in [-0.1, -0.05) is 5.21 Å². The molecule has 342 valence electrons. The zero-order valence-corrected chi connectivity index (χ0v) is 37.9. The van der Waals surface area contributed by atoms with Crippen molar-refractivity contribution in [2.24, 2.45) is 34.7 Å². The zero-order chi connectivity index (χ0) is 45.8. The number of benzene rings is 4. The maximum absolute atomic E-state index is 9.28. The number of hydrogen-bond donors (Lipinski definition) is 10. The van der Waals surface area contributed by atoms with Crippen molar-refractivity contribution >= 4 is 53.1 Å². The summed E-state index contributed by atoms with van der Waals surface area (Å²) < 4.78 is 27.4. The maximum Gasteiger partial charge on any atom is 0.372 e. The van der Waals surface area contributed by atoms with E-state index in [4.69, 9.17) is 52.8 Å². The number of aliphatic hydroxyl groups is 4. The Hall–Kier alpha value is -5.48. The maximum atomic E-state index is 9.28. The molecule has 1 atom stereocenters. The Kier molecular flexibility index (Phi) is 19.9. The first-order valence-corrected chi connectivity index (χ1v) is 25.1. The number of hydrazine groups is 3. The average Bonchev–Trinajstić information content (AvgIpc) is 3.75. The summed E-state index contributed by atoms with van der Waals surface area (Å²) in [7, 11) is -1.05. The van der Waals surface area contributed by atoms with Crippen LogP contribution in [-0.2, 0) is 6.54 Å². The molecular weight excluding hydrogens is 903 g/mol. The smallest absolute Gasteiger partial charge is 0.372 e. The van der Waals surface area contributed by atoms with Gasteiger partial charge >= 0.3 is 15.2 Å². The van der Waals surface area contributed by atoms with Crippen molar-refractivity contribution in [3.8, 4) is 34.3 Å². The Labute approximate surface area is 380 Å². The molecule has 5 aromatic rings. The summed E-state index contributed by atoms with van der Waals surface area (Å²) in [5, 5.41) is 49.1. The summed E-state index contributed by atoms with van der Waals surface area (Å²) in [5.41, 5.74) is 23.4. The van der Waals surface area contributed by atoms with Gasteiger partial charge in [-0.2, -0.15) is 0 Å². The SMILES string of the molecule is N/C(=C\N(N)CCO)c1ccc(OP(Oc2ccc(/C(N)=C/N(N)CCO)cc2)SSP(Oc2ccc(/C(N)=C/N(N)CCO)cc2)Oc2ccc(-c3cn(CCO)nn3)cc2)cc1. The van der Waals surface area contributed by atoms with Crippen molar-refractivity contribution in [1.82, 2.24) is 30.0 Å². The van der Waals surface area contributed by atoms with Crippen LogP contribution in [0, 0.1) is 0 Å². The molecule has 0 aliphatic rings. The molecule has 1 unspecified atom stereocenters. The monoisotopic (exact) mass is 954 g/mol. The fourth-order valence-corrected chi connectivity index (χ4v) is 13.5. The molecule has 24 heteroatoms. The van der Waals surface area contributed by atoms with Gasteiger partial charge in [0.2, 0.25) is 0 Å². The van der Waals surface area contributed by atoms with Crippen LogP contribution in [0.2, 0.25) is 0 Å². The summed E-state index contributed by atoms with van der Waals surface area (Å²) in [4.78, 5) is 0. The van der Waals surface area contributed by atoms with E-state index in [0.717, 1.165) is 5.56 Å². The van der Waals surface area contributed by atoms with Gasteiger partial charge in [-0.3, -0.25) is 0 Å². The summed E-state index contributed by atoms with van der Waals surface area (Å²) >= 11 is 0. The van der Waals surface area contributed by atoms with E-state index in [0.29, 0.717) is 69.0 Å². The van der Waals surface area contributed by atoms with Crippen molar-refractivity contribution in [2.75, 3.05) is 46.1 Å². The van der Waals surface area contributed by atoms with Crippen molar-refractivity contribution in [3.63, 3.8) is 0 Å². The normalized spacial score (nSPS) is 13.0. The third-order valence-corrected chi connectivity index (χ3v) is 16.6. The molecule has 16 N–H and O–H groups in total. The molecule has 20 nitrogen and oxygen atoms in total. The Morgan fingerprint density at radius 2 is 0.859 bits per heavy atom. The second kappa shape index (κ2) is 25.7. The highest BCUT2D eigenvalue weighted by Gasteiger charge is 2.26. The number of nitrogens with zero attached hydrogens (tertiary/aromatic N) is 6. The number of aromatic nitrogens is 3. The molecule has 0 saturated carbocycles. The Morgan fingerprint density at radius 1 is 0.531 bits per heavy atom. The van der Waals surface area contributed by atoms with E-state index >= 15 is 0 Å². The largest absolute Gasteiger partial charge is 0.430 e. The van der Waals surface area contributed by atoms with Gasteiger partial charge in [-0.05, 0) is 114 Å². The minimum absolute atomic E-state index is 0.0588. The molecule has 0 spiro atoms. The van der Waals surface area contributed by atoms with E-state index in [2.05, 4.69) is 10.3 Å². The summed E-state index contributed by atoms with van der Waals surface area (Å²) in [6.07, 6.45) is 6.34. The van der Waals surface area contributed by atoms with Crippen molar-refractivity contribution < 1.29 is 38.5 Å². The molecule has 0 saturated heterocycles. The number of aliphatic hydroxyl groups excluding tert-OH is 4. The average molecular weight is 955 g/mol. The second-order valence-electron chi connectivity index (χ2n) is 13.3. The Balaban J connectivity index is 1.40. The van der Waals surface area contributed by atoms with Crippen molar-refractivity contribution in [2.45, 2.75) is 6.54 Å². The second-order valence-corrected chi connectivity index (χ2v) is 20.6. The topological polar surface area (TPSA) is 314 Å². The van der Waals surface area contributed by atoms with Gasteiger partial charge in [0.15, 0.2) is 0 Å². The standard InChI is InChI=1S/C40H52N12O8P2S2/c41-37(25-49(44)17-21-53)29-1-9-33(10-2-29)57-61(58-34-11-3-30(4-12-34)38(42)26-50(45)18-22-54)63-64-62(59-35-13-5-31(6-14-35)39(43)27-51(46)19-23-55)60-36-15-7-32(8-16-36)40-28-52(20-24-56)48-47-40/h1-16,25-28,53-56H,17-24,41-46H2/b37-25-,38-26-,39-27-. The first kappa shape index (κ1) is 49.5. The van der Waals surface area contributed by atoms with Gasteiger partial charge in [0.25, 0.3) is 0 Å². The van der Waals surface area contributed by atoms with E-state index in [1.54, 1.807) is 95.8 Å². The lowest BCUT2D eigenvalue weighted by Gasteiger charge is -2.21. The van der Waals surface area contributed by atoms with Gasteiger partial charge in [-0.25, -0.2) is 22.2 Å². The van der Waals surface area contributed by atoms with Gasteiger partial charge in [0.1, 0.15) is 28.7 Å². The molecule has 0 aliphatic carbocycles. The van der Waals surface area contributed by atoms with Gasteiger partial charge in [0, 0.05) is 45.0 Å². The zero-order valence-electron chi connectivity index (χ0n) is 34.5. The fourth-order valence-electron chi connectivity index (χ4n) is 5.25. The number of rotatable bonds is 26. The third kappa shape index (κ3) is 15.9. The summed E-state index contributed by atoms with van der Waals surface area (Å²) in [5.74, 6) is 19.6. The molecule has 4 aromatic carbocycles. The van der Waals surface area contributed by atoms with E-state index in [1.807, 2.05) is 12.1 Å². The fraction of sp³-hybridized carbons (Fsp3) is 0.200. The number of nitrogens with two attached hydrogens (primary N) is 6. The van der Waals surface area contributed by atoms with Crippen LogP contribution in [0.3, 0.4) is 0 Å². The van der Waals surface area contributed by atoms with Crippen LogP contribution in [0.15, 0.2) is 122 Å². The molecule has 0 bridgehead atoms. The molecule has 0 fully saturated rings. The van der Waals surface area contributed by atoms with Gasteiger partial charge < -0.3 is 70.7 Å². The summed E-state index contributed by atoms with van der Waals surface area (Å²) in [6.45, 7) is 0.533. The quantitative estimate of drug-likeness (QED) is 0.0164. The van der Waals surface area contributed by atoms with Crippen LogP contribution >= 0.6 is 36.0 Å². The molecule has 5 rings (SSSR count). The number of hydrogen-bond acceptors (Lipinski definition) is 21. The van der Waals surface area contributed by atoms with Gasteiger partial charge in [-0.15, -0.1) is 5.10 Å². The van der Waals surface area contributed by atoms with Crippen LogP contribution in [0.1, 0.15) is 16.7 Å². The first-order chi connectivity index (χ1) is 31.0. The minimum atomic E-state index is -1.81. The highest BCUT2D eigenvalue weighted by molar-refractivity contribution is 9.11. The lowest BCUT2D eigenvalue weighted by molar-refractivity contribution is 0.239. The molecule has 1 heterocycles. The highest BCUT2D eigenvalue weighted by Crippen LogP contribution is 2.68. The van der Waals surface area contributed by atoms with Crippen molar-refractivity contribution in [3.05, 3.63) is 139 Å². The van der Waals surface area contributed by atoms with Crippen LogP contribution < -0.4 is 52.8 Å². The Bertz CT molecular complexity index is 2190. The lowest BCUT2D eigenvalue weighted by Crippen LogP contribution is -2.29. The molecule has 0 aliphatic heterocycles. The van der Waals surface area contributed by atoms with E-state index in [9.17, 15) is 20.4 Å². The van der Waals surface area contributed by atoms with Crippen molar-refractivity contribution in [1.29, 1.82) is 0 Å². The van der Waals surface area contributed by atoms with Crippen LogP contribution in [0.5, 0.6) is 23.0 Å². The van der Waals surface area contributed by atoms with Crippen LogP contribution in [0.4, 0.5) is 0 Å². The predicted octanol–water partition coefficient (Wildman–Crippen LogP) is 3.66. The van der Waals surface area contributed by atoms with E-state index < -0.39 is 15.2 Å². The van der Waals surface area contributed by atoms with E-state index in [-0.39, 0.29) is 46.1 Å². The third-order valence-electron chi connectivity index (χ3n) is 8.44. The van der Waals surface area contributed by atoms with Crippen LogP contribution in [0.25, 0.3) is 28.3 Å². The molecular formula is C40H52N12O8P2S2. The minimum Gasteiger partial charge on any atom is -0.430 e. The Morgan fingerprint density at radius 3 is 1.17 bits per heavy atom. The van der Waals surface area contributed by atoms with Gasteiger partial charge in [0.05, 0.1) is 75.9 Å². The summed E-state index contributed by atoms with van der Waals surface area (Å²) in [6, 6.07) is 28.5. The van der Waals surface area contributed by atoms with Crippen LogP contribution in [-0.4, -0.2) is 96.5 Å².